The standard InChI is InChI=1S/C11H13BrN2O2S/c12-10-13-8(5-17-10)7-3-9(7)14(11(15)16)4-6-1-2-6/h5-7,9H,1-4H2,(H,15,16). The van der Waals surface area contributed by atoms with Gasteiger partial charge >= 0.3 is 6.09 Å². The second-order valence-electron chi connectivity index (χ2n) is 4.81. The lowest BCUT2D eigenvalue weighted by Gasteiger charge is -2.18. The van der Waals surface area contributed by atoms with Crippen LogP contribution in [0, 0.1) is 5.92 Å². The summed E-state index contributed by atoms with van der Waals surface area (Å²) in [4.78, 5) is 17.2. The lowest BCUT2D eigenvalue weighted by atomic mass is 10.3. The number of carboxylic acid groups (broad SMARTS) is 1. The summed E-state index contributed by atoms with van der Waals surface area (Å²) in [5.74, 6) is 0.918. The van der Waals surface area contributed by atoms with E-state index in [1.165, 1.54) is 12.8 Å². The van der Waals surface area contributed by atoms with Crippen LogP contribution in [0.25, 0.3) is 0 Å². The van der Waals surface area contributed by atoms with E-state index in [1.807, 2.05) is 5.38 Å². The molecular weight excluding hydrogens is 304 g/mol. The zero-order chi connectivity index (χ0) is 12.0. The highest BCUT2D eigenvalue weighted by atomic mass is 79.9. The zero-order valence-electron chi connectivity index (χ0n) is 9.17. The summed E-state index contributed by atoms with van der Waals surface area (Å²) in [7, 11) is 0. The highest BCUT2D eigenvalue weighted by molar-refractivity contribution is 9.11. The van der Waals surface area contributed by atoms with Crippen molar-refractivity contribution in [2.45, 2.75) is 31.2 Å². The average Bonchev–Trinajstić information content (AvgIpc) is 3.17. The second-order valence-corrected chi connectivity index (χ2v) is 6.95. The van der Waals surface area contributed by atoms with Crippen LogP contribution in [0.15, 0.2) is 9.30 Å². The minimum atomic E-state index is -0.779. The number of thiazole rings is 1. The third-order valence-corrected chi connectivity index (χ3v) is 4.81. The molecule has 2 saturated carbocycles. The second kappa shape index (κ2) is 4.24. The number of aromatic nitrogens is 1. The summed E-state index contributed by atoms with van der Waals surface area (Å²) in [5.41, 5.74) is 1.04. The Labute approximate surface area is 112 Å². The highest BCUT2D eigenvalue weighted by Crippen LogP contribution is 2.46. The Balaban J connectivity index is 1.66. The molecule has 2 atom stereocenters. The molecule has 1 N–H and O–H groups in total. The first-order chi connectivity index (χ1) is 8.15. The molecule has 92 valence electrons. The van der Waals surface area contributed by atoms with Crippen molar-refractivity contribution in [2.24, 2.45) is 5.92 Å². The molecule has 6 heteroatoms. The Kier molecular flexibility index (Phi) is 2.86. The first-order valence-corrected chi connectivity index (χ1v) is 7.43. The third kappa shape index (κ3) is 2.47. The Morgan fingerprint density at radius 3 is 2.94 bits per heavy atom. The van der Waals surface area contributed by atoms with Crippen molar-refractivity contribution in [1.82, 2.24) is 9.88 Å². The number of amides is 1. The van der Waals surface area contributed by atoms with Gasteiger partial charge in [-0.3, -0.25) is 0 Å². The predicted molar refractivity (Wildman–Crippen MR) is 68.4 cm³/mol. The van der Waals surface area contributed by atoms with Gasteiger partial charge in [-0.15, -0.1) is 11.3 Å². The fourth-order valence-corrected chi connectivity index (χ4v) is 3.30. The molecule has 3 rings (SSSR count). The molecule has 1 aromatic rings. The first kappa shape index (κ1) is 11.5. The van der Waals surface area contributed by atoms with Gasteiger partial charge < -0.3 is 10.0 Å². The lowest BCUT2D eigenvalue weighted by molar-refractivity contribution is 0.139. The molecule has 2 aliphatic rings. The van der Waals surface area contributed by atoms with Gasteiger partial charge in [-0.2, -0.15) is 0 Å². The molecule has 4 nitrogen and oxygen atoms in total. The quantitative estimate of drug-likeness (QED) is 0.928. The van der Waals surface area contributed by atoms with E-state index in [-0.39, 0.29) is 6.04 Å². The van der Waals surface area contributed by atoms with Crippen molar-refractivity contribution in [3.8, 4) is 0 Å². The van der Waals surface area contributed by atoms with Crippen molar-refractivity contribution in [3.05, 3.63) is 15.0 Å². The van der Waals surface area contributed by atoms with Crippen LogP contribution in [-0.2, 0) is 0 Å². The molecule has 0 aromatic carbocycles. The van der Waals surface area contributed by atoms with Gasteiger partial charge in [0.05, 0.1) is 5.69 Å². The van der Waals surface area contributed by atoms with Gasteiger partial charge in [0.25, 0.3) is 0 Å². The minimum Gasteiger partial charge on any atom is -0.465 e. The van der Waals surface area contributed by atoms with Crippen molar-refractivity contribution in [2.75, 3.05) is 6.54 Å². The maximum atomic E-state index is 11.2. The molecule has 1 aromatic heterocycles. The molecule has 0 spiro atoms. The SMILES string of the molecule is O=C(O)N(CC1CC1)C1CC1c1csc(Br)n1. The van der Waals surface area contributed by atoms with E-state index in [2.05, 4.69) is 20.9 Å². The van der Waals surface area contributed by atoms with Crippen LogP contribution in [0.2, 0.25) is 0 Å². The van der Waals surface area contributed by atoms with E-state index in [0.717, 1.165) is 16.0 Å². The van der Waals surface area contributed by atoms with Gasteiger partial charge in [0.1, 0.15) is 0 Å². The lowest BCUT2D eigenvalue weighted by Crippen LogP contribution is -2.34. The number of nitrogens with zero attached hydrogens (tertiary/aromatic N) is 2. The predicted octanol–water partition coefficient (Wildman–Crippen LogP) is 3.15. The Bertz CT molecular complexity index is 446. The van der Waals surface area contributed by atoms with Gasteiger partial charge in [0.15, 0.2) is 3.92 Å². The fraction of sp³-hybridized carbons (Fsp3) is 0.636. The molecule has 2 fully saturated rings. The first-order valence-electron chi connectivity index (χ1n) is 5.75. The normalized spacial score (nSPS) is 26.9. The molecule has 2 unspecified atom stereocenters. The smallest absolute Gasteiger partial charge is 0.407 e. The van der Waals surface area contributed by atoms with Crippen LogP contribution >= 0.6 is 27.3 Å². The largest absolute Gasteiger partial charge is 0.465 e. The van der Waals surface area contributed by atoms with Crippen LogP contribution < -0.4 is 0 Å². The monoisotopic (exact) mass is 316 g/mol. The van der Waals surface area contributed by atoms with E-state index in [0.29, 0.717) is 18.4 Å². The van der Waals surface area contributed by atoms with E-state index in [4.69, 9.17) is 0 Å². The summed E-state index contributed by atoms with van der Waals surface area (Å²) in [6, 6.07) is 0.155. The Hall–Kier alpha value is -0.620. The fourth-order valence-electron chi connectivity index (χ4n) is 2.21. The molecule has 0 saturated heterocycles. The summed E-state index contributed by atoms with van der Waals surface area (Å²) in [6.07, 6.45) is 2.51. The highest BCUT2D eigenvalue weighted by Gasteiger charge is 2.47. The third-order valence-electron chi connectivity index (χ3n) is 3.43. The topological polar surface area (TPSA) is 53.4 Å². The van der Waals surface area contributed by atoms with E-state index in [9.17, 15) is 9.90 Å². The molecule has 17 heavy (non-hydrogen) atoms. The van der Waals surface area contributed by atoms with Crippen molar-refractivity contribution in [3.63, 3.8) is 0 Å². The van der Waals surface area contributed by atoms with Gasteiger partial charge in [-0.25, -0.2) is 9.78 Å². The maximum Gasteiger partial charge on any atom is 0.407 e. The van der Waals surface area contributed by atoms with Crippen LogP contribution in [-0.4, -0.2) is 33.7 Å². The van der Waals surface area contributed by atoms with Crippen LogP contribution in [0.4, 0.5) is 4.79 Å². The van der Waals surface area contributed by atoms with Gasteiger partial charge in [0, 0.05) is 23.9 Å². The van der Waals surface area contributed by atoms with Crippen molar-refractivity contribution in [1.29, 1.82) is 0 Å². The average molecular weight is 317 g/mol. The number of carbonyl (C=O) groups is 1. The summed E-state index contributed by atoms with van der Waals surface area (Å²) in [6.45, 7) is 0.710. The van der Waals surface area contributed by atoms with Crippen LogP contribution in [0.1, 0.15) is 30.9 Å². The number of rotatable bonds is 4. The van der Waals surface area contributed by atoms with Crippen molar-refractivity contribution < 1.29 is 9.90 Å². The van der Waals surface area contributed by atoms with E-state index < -0.39 is 6.09 Å². The van der Waals surface area contributed by atoms with Crippen LogP contribution in [0.5, 0.6) is 0 Å². The van der Waals surface area contributed by atoms with Crippen LogP contribution in [0.3, 0.4) is 0 Å². The number of halogens is 1. The molecule has 0 aliphatic heterocycles. The minimum absolute atomic E-state index is 0.155. The molecule has 1 amide bonds. The van der Waals surface area contributed by atoms with E-state index >= 15 is 0 Å². The molecule has 0 radical (unpaired) electrons. The molecule has 0 bridgehead atoms. The Morgan fingerprint density at radius 1 is 1.65 bits per heavy atom. The molecular formula is C11H13BrN2O2S. The van der Waals surface area contributed by atoms with Gasteiger partial charge in [-0.1, -0.05) is 0 Å². The summed E-state index contributed by atoms with van der Waals surface area (Å²) < 4.78 is 0.877. The maximum absolute atomic E-state index is 11.2. The molecule has 2 aliphatic carbocycles. The van der Waals surface area contributed by atoms with E-state index in [1.54, 1.807) is 16.2 Å². The van der Waals surface area contributed by atoms with Crippen molar-refractivity contribution >= 4 is 33.4 Å². The Morgan fingerprint density at radius 2 is 2.41 bits per heavy atom. The molecule has 1 heterocycles. The summed E-state index contributed by atoms with van der Waals surface area (Å²) >= 11 is 4.90. The van der Waals surface area contributed by atoms with Gasteiger partial charge in [0.2, 0.25) is 0 Å². The number of hydrogen-bond donors (Lipinski definition) is 1. The number of hydrogen-bond acceptors (Lipinski definition) is 3. The summed E-state index contributed by atoms with van der Waals surface area (Å²) in [5, 5.41) is 11.2. The zero-order valence-corrected chi connectivity index (χ0v) is 11.6. The van der Waals surface area contributed by atoms with Gasteiger partial charge in [-0.05, 0) is 41.1 Å².